The predicted octanol–water partition coefficient (Wildman–Crippen LogP) is 2.80. The molecule has 2 aromatic heterocycles. The predicted molar refractivity (Wildman–Crippen MR) is 134 cm³/mol. The zero-order valence-corrected chi connectivity index (χ0v) is 20.9. The molecule has 4 aromatic rings. The van der Waals surface area contributed by atoms with Crippen molar-refractivity contribution in [3.63, 3.8) is 0 Å². The van der Waals surface area contributed by atoms with E-state index in [1.165, 1.54) is 24.3 Å². The molecule has 0 saturated carbocycles. The van der Waals surface area contributed by atoms with Crippen LogP contribution in [0.1, 0.15) is 31.8 Å². The largest absolute Gasteiger partial charge is 0.506 e. The first-order valence-corrected chi connectivity index (χ1v) is 11.3. The van der Waals surface area contributed by atoms with Crippen molar-refractivity contribution in [3.05, 3.63) is 77.4 Å². The van der Waals surface area contributed by atoms with Crippen molar-refractivity contribution in [2.24, 2.45) is 0 Å². The Balaban J connectivity index is 1.69. The quantitative estimate of drug-likeness (QED) is 0.178. The van der Waals surface area contributed by atoms with Gasteiger partial charge in [-0.1, -0.05) is 23.2 Å². The smallest absolute Gasteiger partial charge is 0.353 e. The molecule has 0 aliphatic carbocycles. The third-order valence-corrected chi connectivity index (χ3v) is 5.95. The van der Waals surface area contributed by atoms with E-state index in [4.69, 9.17) is 32.0 Å². The number of carbonyl (C=O) groups excluding carboxylic acids is 2. The van der Waals surface area contributed by atoms with Gasteiger partial charge in [-0.05, 0) is 49.2 Å². The molecule has 38 heavy (non-hydrogen) atoms. The lowest BCUT2D eigenvalue weighted by molar-refractivity contribution is -0.139. The number of hydrogen-bond acceptors (Lipinski definition) is 9. The van der Waals surface area contributed by atoms with Gasteiger partial charge in [-0.15, -0.1) is 0 Å². The van der Waals surface area contributed by atoms with Gasteiger partial charge in [0.15, 0.2) is 11.1 Å². The van der Waals surface area contributed by atoms with Gasteiger partial charge in [-0.25, -0.2) is 14.4 Å². The Morgan fingerprint density at radius 1 is 0.763 bits per heavy atom. The number of nitrogens with one attached hydrogen (secondary N) is 2. The number of aryl methyl sites for hydroxylation is 2. The first kappa shape index (κ1) is 26.5. The molecule has 0 unspecified atom stereocenters. The van der Waals surface area contributed by atoms with E-state index in [1.54, 1.807) is 13.8 Å². The standard InChI is InChI=1S/C24H16Cl2N2O10/c1-7-3-9(25)5-11-15(29)13(23(35)37-17(7)11)20(31)27-19(22(33)34)28-21(32)14-16(30)12-6-10(26)4-8(2)18(12)38-24(14)36/h3-6,19,29-30H,1-2H3,(H,27,31)(H,28,32)(H,33,34). The normalized spacial score (nSPS) is 11.2. The Hall–Kier alpha value is -4.55. The number of halogens is 2. The average molecular weight is 563 g/mol. The van der Waals surface area contributed by atoms with Gasteiger partial charge in [0, 0.05) is 10.0 Å². The molecule has 2 heterocycles. The van der Waals surface area contributed by atoms with E-state index in [1.807, 2.05) is 10.6 Å². The number of benzene rings is 2. The lowest BCUT2D eigenvalue weighted by atomic mass is 10.1. The molecule has 0 fully saturated rings. The van der Waals surface area contributed by atoms with Crippen LogP contribution in [0.25, 0.3) is 21.9 Å². The molecule has 14 heteroatoms. The zero-order valence-electron chi connectivity index (χ0n) is 19.3. The first-order chi connectivity index (χ1) is 17.8. The van der Waals surface area contributed by atoms with Gasteiger partial charge in [0.25, 0.3) is 11.8 Å². The molecule has 2 aromatic carbocycles. The number of carboxylic acids is 1. The molecule has 4 rings (SSSR count). The number of aromatic hydroxyl groups is 2. The highest BCUT2D eigenvalue weighted by Gasteiger charge is 2.30. The minimum Gasteiger partial charge on any atom is -0.506 e. The summed E-state index contributed by atoms with van der Waals surface area (Å²) < 4.78 is 10.2. The summed E-state index contributed by atoms with van der Waals surface area (Å²) >= 11 is 11.9. The molecule has 2 amide bonds. The number of fused-ring (bicyclic) bond motifs is 2. The zero-order chi connectivity index (χ0) is 28.0. The van der Waals surface area contributed by atoms with Gasteiger partial charge in [-0.2, -0.15) is 0 Å². The SMILES string of the molecule is Cc1cc(Cl)cc2c(O)c(C(=O)NC(NC(=O)c3c(O)c4cc(Cl)cc(C)c4oc3=O)C(=O)O)c(=O)oc12. The minimum atomic E-state index is -2.24. The van der Waals surface area contributed by atoms with Crippen LogP contribution in [0.2, 0.25) is 10.0 Å². The summed E-state index contributed by atoms with van der Waals surface area (Å²) in [6.07, 6.45) is -2.24. The average Bonchev–Trinajstić information content (AvgIpc) is 2.80. The van der Waals surface area contributed by atoms with Crippen LogP contribution in [-0.2, 0) is 4.79 Å². The summed E-state index contributed by atoms with van der Waals surface area (Å²) in [4.78, 5) is 62.3. The van der Waals surface area contributed by atoms with Crippen molar-refractivity contribution in [3.8, 4) is 11.5 Å². The Labute approximate surface area is 221 Å². The molecule has 0 aliphatic heterocycles. The molecule has 196 valence electrons. The highest BCUT2D eigenvalue weighted by molar-refractivity contribution is 6.32. The Kier molecular flexibility index (Phi) is 6.78. The molecular formula is C24H16Cl2N2O10. The number of carbonyl (C=O) groups is 3. The number of hydrogen-bond donors (Lipinski definition) is 5. The van der Waals surface area contributed by atoms with E-state index >= 15 is 0 Å². The van der Waals surface area contributed by atoms with Crippen molar-refractivity contribution >= 4 is 62.9 Å². The monoisotopic (exact) mass is 562 g/mol. The fourth-order valence-electron chi connectivity index (χ4n) is 3.80. The highest BCUT2D eigenvalue weighted by Crippen LogP contribution is 2.32. The van der Waals surface area contributed by atoms with Crippen molar-refractivity contribution in [1.29, 1.82) is 0 Å². The van der Waals surface area contributed by atoms with Crippen LogP contribution in [0, 0.1) is 13.8 Å². The Morgan fingerprint density at radius 2 is 1.13 bits per heavy atom. The van der Waals surface area contributed by atoms with Gasteiger partial charge in [0.2, 0.25) is 6.17 Å². The van der Waals surface area contributed by atoms with Gasteiger partial charge in [-0.3, -0.25) is 9.59 Å². The second-order valence-corrected chi connectivity index (χ2v) is 9.02. The van der Waals surface area contributed by atoms with E-state index < -0.39 is 57.8 Å². The molecule has 0 spiro atoms. The lowest BCUT2D eigenvalue weighted by Crippen LogP contribution is -2.54. The molecule has 0 aliphatic rings. The number of carboxylic acid groups (broad SMARTS) is 1. The molecule has 0 atom stereocenters. The molecule has 0 bridgehead atoms. The highest BCUT2D eigenvalue weighted by atomic mass is 35.5. The Bertz CT molecular complexity index is 1680. The first-order valence-electron chi connectivity index (χ1n) is 10.6. The third-order valence-electron chi connectivity index (χ3n) is 5.51. The third kappa shape index (κ3) is 4.62. The maximum absolute atomic E-state index is 12.8. The fourth-order valence-corrected chi connectivity index (χ4v) is 4.34. The number of amides is 2. The molecule has 0 radical (unpaired) electrons. The van der Waals surface area contributed by atoms with Gasteiger partial charge >= 0.3 is 17.2 Å². The second-order valence-electron chi connectivity index (χ2n) is 8.14. The summed E-state index contributed by atoms with van der Waals surface area (Å²) in [5.74, 6) is -6.36. The van der Waals surface area contributed by atoms with Crippen LogP contribution in [0.5, 0.6) is 11.5 Å². The topological polar surface area (TPSA) is 196 Å². The summed E-state index contributed by atoms with van der Waals surface area (Å²) in [6.45, 7) is 3.08. The van der Waals surface area contributed by atoms with Crippen molar-refractivity contribution < 1.29 is 38.5 Å². The van der Waals surface area contributed by atoms with Crippen molar-refractivity contribution in [2.75, 3.05) is 0 Å². The van der Waals surface area contributed by atoms with Crippen LogP contribution in [0.3, 0.4) is 0 Å². The molecule has 0 saturated heterocycles. The number of aliphatic carboxylic acids is 1. The van der Waals surface area contributed by atoms with E-state index in [2.05, 4.69) is 0 Å². The van der Waals surface area contributed by atoms with Crippen molar-refractivity contribution in [1.82, 2.24) is 10.6 Å². The lowest BCUT2D eigenvalue weighted by Gasteiger charge is -2.17. The Morgan fingerprint density at radius 3 is 1.47 bits per heavy atom. The van der Waals surface area contributed by atoms with Crippen LogP contribution in [0.4, 0.5) is 0 Å². The summed E-state index contributed by atoms with van der Waals surface area (Å²) in [5, 5.41) is 34.5. The van der Waals surface area contributed by atoms with Crippen LogP contribution in [-0.4, -0.2) is 39.3 Å². The maximum Gasteiger partial charge on any atom is 0.353 e. The van der Waals surface area contributed by atoms with E-state index in [-0.39, 0.29) is 32.0 Å². The van der Waals surface area contributed by atoms with Gasteiger partial charge in [0.1, 0.15) is 22.7 Å². The van der Waals surface area contributed by atoms with E-state index in [0.717, 1.165) is 0 Å². The summed E-state index contributed by atoms with van der Waals surface area (Å²) in [5.41, 5.74) is -3.85. The second kappa shape index (κ2) is 9.72. The van der Waals surface area contributed by atoms with Crippen LogP contribution >= 0.6 is 23.2 Å². The summed E-state index contributed by atoms with van der Waals surface area (Å²) in [6, 6.07) is 5.36. The summed E-state index contributed by atoms with van der Waals surface area (Å²) in [7, 11) is 0. The van der Waals surface area contributed by atoms with E-state index in [0.29, 0.717) is 11.1 Å². The molecule has 12 nitrogen and oxygen atoms in total. The minimum absolute atomic E-state index is 0.0506. The molecular weight excluding hydrogens is 547 g/mol. The van der Waals surface area contributed by atoms with Gasteiger partial charge < -0.3 is 34.8 Å². The van der Waals surface area contributed by atoms with Crippen molar-refractivity contribution in [2.45, 2.75) is 20.0 Å². The number of rotatable bonds is 5. The fraction of sp³-hybridized carbons (Fsp3) is 0.125. The molecule has 5 N–H and O–H groups in total. The van der Waals surface area contributed by atoms with Crippen LogP contribution in [0.15, 0.2) is 42.7 Å². The maximum atomic E-state index is 12.8. The van der Waals surface area contributed by atoms with Crippen LogP contribution < -0.4 is 21.9 Å². The van der Waals surface area contributed by atoms with Gasteiger partial charge in [0.05, 0.1) is 10.8 Å². The van der Waals surface area contributed by atoms with E-state index in [9.17, 15) is 39.3 Å².